The van der Waals surface area contributed by atoms with E-state index in [9.17, 15) is 10.2 Å². The first-order chi connectivity index (χ1) is 6.98. The lowest BCUT2D eigenvalue weighted by atomic mass is 9.88. The van der Waals surface area contributed by atoms with Crippen LogP contribution in [0.2, 0.25) is 0 Å². The summed E-state index contributed by atoms with van der Waals surface area (Å²) in [6.45, 7) is 6.69. The highest BCUT2D eigenvalue weighted by Gasteiger charge is 2.43. The molecule has 3 heteroatoms. The molecule has 0 unspecified atom stereocenters. The van der Waals surface area contributed by atoms with Crippen LogP contribution in [0.5, 0.6) is 0 Å². The highest BCUT2D eigenvalue weighted by atomic mass is 16.3. The molecule has 0 radical (unpaired) electrons. The van der Waals surface area contributed by atoms with Crippen molar-refractivity contribution in [2.24, 2.45) is 5.92 Å². The van der Waals surface area contributed by atoms with Gasteiger partial charge in [-0.3, -0.25) is 0 Å². The van der Waals surface area contributed by atoms with Crippen LogP contribution in [0.4, 0.5) is 0 Å². The van der Waals surface area contributed by atoms with Gasteiger partial charge in [0.2, 0.25) is 0 Å². The van der Waals surface area contributed by atoms with E-state index in [0.717, 1.165) is 19.3 Å². The van der Waals surface area contributed by atoms with Crippen LogP contribution < -0.4 is 5.32 Å². The minimum absolute atomic E-state index is 0.385. The molecule has 0 spiro atoms. The molecule has 1 rings (SSSR count). The van der Waals surface area contributed by atoms with E-state index in [2.05, 4.69) is 19.2 Å². The standard InChI is InChI=1S/C12H25NO2/c1-4-12(15,10-5-6-10)7-11(14)8-13-9(2)3/h9-11,13-15H,4-8H2,1-3H3/t11-,12+/m0/s1. The van der Waals surface area contributed by atoms with Crippen molar-refractivity contribution in [3.63, 3.8) is 0 Å². The molecule has 0 bridgehead atoms. The Morgan fingerprint density at radius 3 is 2.40 bits per heavy atom. The quantitative estimate of drug-likeness (QED) is 0.600. The van der Waals surface area contributed by atoms with Gasteiger partial charge in [-0.1, -0.05) is 20.8 Å². The highest BCUT2D eigenvalue weighted by Crippen LogP contribution is 2.43. The zero-order valence-electron chi connectivity index (χ0n) is 10.2. The van der Waals surface area contributed by atoms with Crippen molar-refractivity contribution in [2.45, 2.75) is 64.2 Å². The summed E-state index contributed by atoms with van der Waals surface area (Å²) in [6.07, 6.45) is 3.06. The summed E-state index contributed by atoms with van der Waals surface area (Å²) in [7, 11) is 0. The highest BCUT2D eigenvalue weighted by molar-refractivity contribution is 4.95. The molecule has 0 aromatic heterocycles. The summed E-state index contributed by atoms with van der Waals surface area (Å²) in [6, 6.07) is 0.385. The zero-order valence-corrected chi connectivity index (χ0v) is 10.2. The maximum Gasteiger partial charge on any atom is 0.0698 e. The fourth-order valence-electron chi connectivity index (χ4n) is 2.07. The van der Waals surface area contributed by atoms with E-state index >= 15 is 0 Å². The van der Waals surface area contributed by atoms with Gasteiger partial charge in [0.05, 0.1) is 11.7 Å². The second kappa shape index (κ2) is 5.28. The monoisotopic (exact) mass is 215 g/mol. The second-order valence-electron chi connectivity index (χ2n) is 5.15. The minimum atomic E-state index is -0.627. The first-order valence-electron chi connectivity index (χ1n) is 6.11. The van der Waals surface area contributed by atoms with E-state index in [1.54, 1.807) is 0 Å². The molecule has 3 nitrogen and oxygen atoms in total. The van der Waals surface area contributed by atoms with Gasteiger partial charge in [0.25, 0.3) is 0 Å². The van der Waals surface area contributed by atoms with Crippen LogP contribution >= 0.6 is 0 Å². The molecule has 0 aromatic rings. The summed E-state index contributed by atoms with van der Waals surface area (Å²) >= 11 is 0. The molecular weight excluding hydrogens is 190 g/mol. The van der Waals surface area contributed by atoms with Crippen molar-refractivity contribution in [3.05, 3.63) is 0 Å². The summed E-state index contributed by atoms with van der Waals surface area (Å²) in [5.41, 5.74) is -0.627. The molecule has 1 aliphatic carbocycles. The molecule has 1 fully saturated rings. The van der Waals surface area contributed by atoms with Crippen molar-refractivity contribution in [1.82, 2.24) is 5.32 Å². The minimum Gasteiger partial charge on any atom is -0.392 e. The Hall–Kier alpha value is -0.120. The maximum atomic E-state index is 10.3. The summed E-state index contributed by atoms with van der Waals surface area (Å²) in [4.78, 5) is 0. The summed E-state index contributed by atoms with van der Waals surface area (Å²) in [5.74, 6) is 0.427. The molecule has 0 aliphatic heterocycles. The third kappa shape index (κ3) is 4.09. The lowest BCUT2D eigenvalue weighted by Gasteiger charge is -2.29. The number of rotatable bonds is 7. The van der Waals surface area contributed by atoms with Gasteiger partial charge in [-0.25, -0.2) is 0 Å². The molecule has 0 heterocycles. The number of hydrogen-bond acceptors (Lipinski definition) is 3. The van der Waals surface area contributed by atoms with Crippen LogP contribution in [0.15, 0.2) is 0 Å². The first-order valence-corrected chi connectivity index (χ1v) is 6.11. The van der Waals surface area contributed by atoms with E-state index in [-0.39, 0.29) is 0 Å². The van der Waals surface area contributed by atoms with Gasteiger partial charge in [0, 0.05) is 19.0 Å². The third-order valence-corrected chi connectivity index (χ3v) is 3.30. The van der Waals surface area contributed by atoms with Gasteiger partial charge in [-0.15, -0.1) is 0 Å². The molecular formula is C12H25NO2. The van der Waals surface area contributed by atoms with Crippen LogP contribution in [0.3, 0.4) is 0 Å². The van der Waals surface area contributed by atoms with Gasteiger partial charge in [0.1, 0.15) is 0 Å². The molecule has 2 atom stereocenters. The Bertz CT molecular complexity index is 192. The van der Waals surface area contributed by atoms with E-state index < -0.39 is 11.7 Å². The van der Waals surface area contributed by atoms with E-state index in [1.165, 1.54) is 0 Å². The molecule has 1 saturated carbocycles. The first kappa shape index (κ1) is 12.9. The summed E-state index contributed by atoms with van der Waals surface area (Å²) in [5, 5.41) is 23.3. The van der Waals surface area contributed by atoms with E-state index in [1.807, 2.05) is 6.92 Å². The van der Waals surface area contributed by atoms with Crippen molar-refractivity contribution >= 4 is 0 Å². The van der Waals surface area contributed by atoms with Gasteiger partial charge >= 0.3 is 0 Å². The predicted octanol–water partition coefficient (Wildman–Crippen LogP) is 1.29. The van der Waals surface area contributed by atoms with Crippen LogP contribution in [0, 0.1) is 5.92 Å². The maximum absolute atomic E-state index is 10.3. The third-order valence-electron chi connectivity index (χ3n) is 3.30. The normalized spacial score (nSPS) is 22.8. The van der Waals surface area contributed by atoms with Crippen LogP contribution in [-0.4, -0.2) is 34.5 Å². The molecule has 0 amide bonds. The molecule has 3 N–H and O–H groups in total. The number of nitrogens with one attached hydrogen (secondary N) is 1. The Kier molecular flexibility index (Phi) is 4.56. The van der Waals surface area contributed by atoms with E-state index in [0.29, 0.717) is 24.9 Å². The molecule has 15 heavy (non-hydrogen) atoms. The van der Waals surface area contributed by atoms with Gasteiger partial charge in [-0.2, -0.15) is 0 Å². The van der Waals surface area contributed by atoms with E-state index in [4.69, 9.17) is 0 Å². The van der Waals surface area contributed by atoms with Crippen LogP contribution in [0.1, 0.15) is 46.5 Å². The Morgan fingerprint density at radius 2 is 2.00 bits per heavy atom. The SMILES string of the molecule is CC[C@@](O)(C[C@H](O)CNC(C)C)C1CC1. The Balaban J connectivity index is 2.31. The number of hydrogen-bond donors (Lipinski definition) is 3. The number of aliphatic hydroxyl groups excluding tert-OH is 1. The zero-order chi connectivity index (χ0) is 11.5. The van der Waals surface area contributed by atoms with Crippen molar-refractivity contribution in [2.75, 3.05) is 6.54 Å². The lowest BCUT2D eigenvalue weighted by molar-refractivity contribution is -0.0312. The number of aliphatic hydroxyl groups is 2. The predicted molar refractivity (Wildman–Crippen MR) is 61.7 cm³/mol. The van der Waals surface area contributed by atoms with Crippen LogP contribution in [0.25, 0.3) is 0 Å². The Morgan fingerprint density at radius 1 is 1.40 bits per heavy atom. The van der Waals surface area contributed by atoms with Gasteiger partial charge < -0.3 is 15.5 Å². The fraction of sp³-hybridized carbons (Fsp3) is 1.00. The fourth-order valence-corrected chi connectivity index (χ4v) is 2.07. The average molecular weight is 215 g/mol. The molecule has 0 aromatic carbocycles. The van der Waals surface area contributed by atoms with Gasteiger partial charge in [-0.05, 0) is 25.2 Å². The second-order valence-corrected chi connectivity index (χ2v) is 5.15. The lowest BCUT2D eigenvalue weighted by Crippen LogP contribution is -2.40. The Labute approximate surface area is 92.9 Å². The van der Waals surface area contributed by atoms with Crippen molar-refractivity contribution < 1.29 is 10.2 Å². The molecule has 90 valence electrons. The average Bonchev–Trinajstić information content (AvgIpc) is 2.97. The smallest absolute Gasteiger partial charge is 0.0698 e. The van der Waals surface area contributed by atoms with Gasteiger partial charge in [0.15, 0.2) is 0 Å². The van der Waals surface area contributed by atoms with Crippen molar-refractivity contribution in [1.29, 1.82) is 0 Å². The molecule has 1 aliphatic rings. The topological polar surface area (TPSA) is 52.5 Å². The van der Waals surface area contributed by atoms with Crippen LogP contribution in [-0.2, 0) is 0 Å². The van der Waals surface area contributed by atoms with Crippen molar-refractivity contribution in [3.8, 4) is 0 Å². The largest absolute Gasteiger partial charge is 0.392 e. The summed E-state index contributed by atoms with van der Waals surface area (Å²) < 4.78 is 0. The molecule has 0 saturated heterocycles.